The molecule has 2 fully saturated rings. The topological polar surface area (TPSA) is 202 Å². The maximum atomic E-state index is 14.2. The number of carbonyl (C=O) groups excluding carboxylic acids is 5. The van der Waals surface area contributed by atoms with Gasteiger partial charge in [0.25, 0.3) is 0 Å². The van der Waals surface area contributed by atoms with E-state index in [9.17, 15) is 39.0 Å². The molecule has 58 heavy (non-hydrogen) atoms. The van der Waals surface area contributed by atoms with Gasteiger partial charge < -0.3 is 39.0 Å². The lowest BCUT2D eigenvalue weighted by atomic mass is 9.82. The summed E-state index contributed by atoms with van der Waals surface area (Å²) in [6.45, 7) is 10.3. The maximum absolute atomic E-state index is 14.2. The fourth-order valence-corrected chi connectivity index (χ4v) is 8.52. The molecule has 0 aromatic heterocycles. The van der Waals surface area contributed by atoms with Gasteiger partial charge in [0.05, 0.1) is 37.0 Å². The van der Waals surface area contributed by atoms with Gasteiger partial charge >= 0.3 is 18.0 Å². The third-order valence-corrected chi connectivity index (χ3v) is 13.0. The van der Waals surface area contributed by atoms with Crippen molar-refractivity contribution in [3.8, 4) is 5.75 Å². The number of halogens is 1. The van der Waals surface area contributed by atoms with Crippen LogP contribution in [0.5, 0.6) is 5.75 Å². The third kappa shape index (κ3) is 10.9. The summed E-state index contributed by atoms with van der Waals surface area (Å²) in [5, 5.41) is 24.2. The highest BCUT2D eigenvalue weighted by Gasteiger charge is 2.64. The first-order valence-electron chi connectivity index (χ1n) is 19.3. The molecule has 0 radical (unpaired) electrons. The van der Waals surface area contributed by atoms with Crippen LogP contribution in [0.3, 0.4) is 0 Å². The molecule has 17 heteroatoms. The normalized spacial score (nSPS) is 29.9. The quantitative estimate of drug-likeness (QED) is 0.189. The monoisotopic (exact) mass is 849 g/mol. The molecule has 320 valence electrons. The Morgan fingerprint density at radius 2 is 1.90 bits per heavy atom. The number of nitrogens with zero attached hydrogens (tertiary/aromatic N) is 2. The number of carbonyl (C=O) groups is 6. The fourth-order valence-electron chi connectivity index (χ4n) is 7.11. The van der Waals surface area contributed by atoms with E-state index in [2.05, 4.69) is 5.32 Å². The predicted octanol–water partition coefficient (Wildman–Crippen LogP) is 4.94. The lowest BCUT2D eigenvalue weighted by Gasteiger charge is -2.41. The molecule has 3 heterocycles. The van der Waals surface area contributed by atoms with Crippen LogP contribution in [0, 0.1) is 17.8 Å². The van der Waals surface area contributed by atoms with Gasteiger partial charge in [-0.1, -0.05) is 56.2 Å². The minimum absolute atomic E-state index is 0.00893. The van der Waals surface area contributed by atoms with Crippen LogP contribution in [0.15, 0.2) is 35.9 Å². The minimum atomic E-state index is -1.67. The Kier molecular flexibility index (Phi) is 15.5. The molecule has 4 bridgehead atoms. The zero-order chi connectivity index (χ0) is 43.3. The summed E-state index contributed by atoms with van der Waals surface area (Å²) in [6.07, 6.45) is 1.88. The number of ether oxygens (including phenoxy) is 4. The first kappa shape index (κ1) is 46.6. The number of aliphatic hydroxyl groups is 1. The molecule has 0 aliphatic carbocycles. The Bertz CT molecular complexity index is 1820. The largest absolute Gasteiger partial charge is 0.495 e. The van der Waals surface area contributed by atoms with Crippen molar-refractivity contribution >= 4 is 64.7 Å². The van der Waals surface area contributed by atoms with Crippen molar-refractivity contribution in [2.75, 3.05) is 37.6 Å². The molecule has 9 atom stereocenters. The number of ketones is 1. The number of carboxylic acid groups (broad SMARTS) is 1. The molecule has 3 N–H and O–H groups in total. The summed E-state index contributed by atoms with van der Waals surface area (Å²) in [7, 11) is 4.36. The van der Waals surface area contributed by atoms with E-state index in [0.717, 1.165) is 27.8 Å². The Morgan fingerprint density at radius 1 is 1.21 bits per heavy atom. The van der Waals surface area contributed by atoms with Crippen molar-refractivity contribution in [3.63, 3.8) is 0 Å². The van der Waals surface area contributed by atoms with Crippen LogP contribution in [0.1, 0.15) is 72.8 Å². The summed E-state index contributed by atoms with van der Waals surface area (Å²) < 4.78 is 23.5. The summed E-state index contributed by atoms with van der Waals surface area (Å²) in [6, 6.07) is 2.34. The number of nitrogens with one attached hydrogen (secondary N) is 1. The number of hydrogen-bond acceptors (Lipinski definition) is 12. The zero-order valence-corrected chi connectivity index (χ0v) is 36.1. The molecule has 3 aliphatic heterocycles. The van der Waals surface area contributed by atoms with Crippen molar-refractivity contribution in [3.05, 3.63) is 46.5 Å². The number of methoxy groups -OCH3 is 1. The van der Waals surface area contributed by atoms with Gasteiger partial charge in [-0.15, -0.1) is 0 Å². The van der Waals surface area contributed by atoms with Crippen molar-refractivity contribution in [2.24, 2.45) is 17.8 Å². The molecule has 1 aromatic rings. The van der Waals surface area contributed by atoms with Gasteiger partial charge in [0.1, 0.15) is 46.1 Å². The molecule has 4 rings (SSSR count). The molecule has 2 saturated heterocycles. The van der Waals surface area contributed by atoms with Crippen LogP contribution in [0.25, 0.3) is 0 Å². The number of amides is 3. The summed E-state index contributed by atoms with van der Waals surface area (Å²) in [5.41, 5.74) is -0.872. The first-order valence-corrected chi connectivity index (χ1v) is 20.8. The number of allylic oxidation sites excluding steroid dienone is 3. The number of alkyl carbamates (subject to hydrolysis) is 1. The van der Waals surface area contributed by atoms with Crippen LogP contribution in [0.2, 0.25) is 5.02 Å². The lowest BCUT2D eigenvalue weighted by molar-refractivity contribution is -0.162. The van der Waals surface area contributed by atoms with Gasteiger partial charge in [0, 0.05) is 50.9 Å². The van der Waals surface area contributed by atoms with Crippen LogP contribution >= 0.6 is 23.4 Å². The van der Waals surface area contributed by atoms with Gasteiger partial charge in [0.2, 0.25) is 11.8 Å². The number of anilines is 1. The number of hydrogen-bond donors (Lipinski definition) is 3. The fraction of sp³-hybridized carbons (Fsp3) is 0.610. The molecule has 3 aliphatic rings. The first-order chi connectivity index (χ1) is 27.1. The average molecular weight is 850 g/mol. The molecule has 15 nitrogen and oxygen atoms in total. The van der Waals surface area contributed by atoms with E-state index in [0.29, 0.717) is 24.3 Å². The number of Topliss-reactive ketones (excluding diaryl/α,β-unsaturated/α-hetero) is 1. The number of aliphatic carboxylic acids is 1. The smallest absolute Gasteiger partial charge is 0.409 e. The molecule has 3 amide bonds. The van der Waals surface area contributed by atoms with E-state index in [1.165, 1.54) is 33.0 Å². The molecule has 0 spiro atoms. The van der Waals surface area contributed by atoms with E-state index >= 15 is 0 Å². The van der Waals surface area contributed by atoms with E-state index in [-0.39, 0.29) is 35.2 Å². The Labute approximate surface area is 348 Å². The second kappa shape index (κ2) is 19.3. The second-order valence-electron chi connectivity index (χ2n) is 15.7. The number of thioether (sulfide) groups is 1. The lowest BCUT2D eigenvalue weighted by Crippen LogP contribution is -2.60. The maximum Gasteiger partial charge on any atom is 0.409 e. The predicted molar refractivity (Wildman–Crippen MR) is 218 cm³/mol. The van der Waals surface area contributed by atoms with Gasteiger partial charge in [-0.05, 0) is 44.9 Å². The van der Waals surface area contributed by atoms with Gasteiger partial charge in [-0.2, -0.15) is 11.8 Å². The Hall–Kier alpha value is -4.12. The molecule has 1 aromatic carbocycles. The van der Waals surface area contributed by atoms with E-state index in [1.807, 2.05) is 19.1 Å². The highest BCUT2D eigenvalue weighted by Crippen LogP contribution is 2.49. The summed E-state index contributed by atoms with van der Waals surface area (Å²) in [4.78, 5) is 80.4. The van der Waals surface area contributed by atoms with Gasteiger partial charge in [0.15, 0.2) is 0 Å². The number of likely N-dealkylation sites (N-methyl/N-ethyl adjacent to an activating group) is 1. The number of benzene rings is 1. The SMILES string of the molecule is CCC(=O)CSC[C@H](CC(=O)N(C)[C@@H](C)C(=O)OC1CC(=O)N(C)c2cc(cc(OC)c2Cl)C/C(C)=C/C=C/C(C)C2(O)CC(OC(=O)N2)C(C)C2OC12C)C(=O)O. The van der Waals surface area contributed by atoms with Crippen LogP contribution < -0.4 is 15.0 Å². The molecular weight excluding hydrogens is 794 g/mol. The number of carboxylic acids is 1. The van der Waals surface area contributed by atoms with E-state index < -0.39 is 89.7 Å². The van der Waals surface area contributed by atoms with Crippen molar-refractivity contribution < 1.29 is 57.9 Å². The van der Waals surface area contributed by atoms with E-state index in [4.69, 9.17) is 30.5 Å². The number of epoxide rings is 1. The highest BCUT2D eigenvalue weighted by atomic mass is 35.5. The minimum Gasteiger partial charge on any atom is -0.495 e. The number of fused-ring (bicyclic) bond motifs is 5. The van der Waals surface area contributed by atoms with Crippen molar-refractivity contribution in [1.29, 1.82) is 0 Å². The Balaban J connectivity index is 1.67. The van der Waals surface area contributed by atoms with Crippen molar-refractivity contribution in [2.45, 2.75) is 109 Å². The second-order valence-corrected chi connectivity index (χ2v) is 17.1. The summed E-state index contributed by atoms with van der Waals surface area (Å²) in [5.74, 6) is -4.93. The standard InChI is InChI=1S/C41H56ClN3O12S/c1-10-28(46)21-58-20-27(37(49)50)17-33(47)44(7)25(5)38(51)56-32-18-34(48)45(8)29-15-26(16-30(54-9)35(29)42)14-22(2)12-11-13-23(3)41(53)19-31(55-39(52)43-41)24(4)36-40(32,6)57-36/h11-13,15-16,23-25,27,31-32,36,53H,10,14,17-21H2,1-9H3,(H,43,52)(H,49,50)/b13-11+,22-12+/t23?,24?,25-,27-,31?,32?,36?,40?,41?/m0/s1. The highest BCUT2D eigenvalue weighted by molar-refractivity contribution is 7.99. The van der Waals surface area contributed by atoms with Crippen LogP contribution in [-0.4, -0.2) is 119 Å². The van der Waals surface area contributed by atoms with Crippen molar-refractivity contribution in [1.82, 2.24) is 10.2 Å². The number of esters is 1. The molecule has 7 unspecified atom stereocenters. The van der Waals surface area contributed by atoms with E-state index in [1.54, 1.807) is 45.9 Å². The van der Waals surface area contributed by atoms with Gasteiger partial charge in [-0.25, -0.2) is 9.59 Å². The zero-order valence-electron chi connectivity index (χ0n) is 34.5. The van der Waals surface area contributed by atoms with Crippen LogP contribution in [-0.2, 0) is 44.6 Å². The molecule has 0 saturated carbocycles. The Morgan fingerprint density at radius 3 is 2.53 bits per heavy atom. The molecular formula is C41H56ClN3O12S. The third-order valence-electron chi connectivity index (χ3n) is 11.4. The summed E-state index contributed by atoms with van der Waals surface area (Å²) >= 11 is 7.89. The average Bonchev–Trinajstić information content (AvgIpc) is 3.87. The number of rotatable bonds is 12. The van der Waals surface area contributed by atoms with Crippen LogP contribution in [0.4, 0.5) is 10.5 Å². The van der Waals surface area contributed by atoms with Gasteiger partial charge in [-0.3, -0.25) is 24.5 Å².